The summed E-state index contributed by atoms with van der Waals surface area (Å²) < 4.78 is 0. The third kappa shape index (κ3) is 3.80. The number of nitrogens with zero attached hydrogens (tertiary/aromatic N) is 1. The molecule has 0 saturated carbocycles. The lowest BCUT2D eigenvalue weighted by Crippen LogP contribution is -2.30. The predicted molar refractivity (Wildman–Crippen MR) is 94.5 cm³/mol. The van der Waals surface area contributed by atoms with E-state index in [0.717, 1.165) is 16.0 Å². The van der Waals surface area contributed by atoms with E-state index in [1.165, 1.54) is 0 Å². The van der Waals surface area contributed by atoms with Crippen molar-refractivity contribution in [3.05, 3.63) is 64.2 Å². The van der Waals surface area contributed by atoms with Crippen LogP contribution in [0.25, 0.3) is 0 Å². The number of amides is 4. The maximum absolute atomic E-state index is 12.3. The Hall–Kier alpha value is -2.86. The van der Waals surface area contributed by atoms with E-state index in [-0.39, 0.29) is 24.9 Å². The molecule has 0 aliphatic carbocycles. The Labute approximate surface area is 149 Å². The number of carbonyl (C=O) groups is 3. The summed E-state index contributed by atoms with van der Waals surface area (Å²) in [6.07, 6.45) is 0. The fourth-order valence-electron chi connectivity index (χ4n) is 2.48. The van der Waals surface area contributed by atoms with E-state index >= 15 is 0 Å². The normalized spacial score (nSPS) is 13.8. The van der Waals surface area contributed by atoms with E-state index in [1.54, 1.807) is 36.4 Å². The maximum atomic E-state index is 12.3. The van der Waals surface area contributed by atoms with Crippen molar-refractivity contribution in [2.45, 2.75) is 13.5 Å². The van der Waals surface area contributed by atoms with E-state index in [4.69, 9.17) is 11.6 Å². The summed E-state index contributed by atoms with van der Waals surface area (Å²) in [7, 11) is 0. The minimum absolute atomic E-state index is 0.0244. The van der Waals surface area contributed by atoms with E-state index in [0.29, 0.717) is 16.3 Å². The van der Waals surface area contributed by atoms with Gasteiger partial charge in [-0.25, -0.2) is 4.79 Å². The Balaban J connectivity index is 1.68. The molecule has 0 atom stereocenters. The minimum atomic E-state index is -0.402. The molecule has 2 aromatic carbocycles. The second-order valence-electron chi connectivity index (χ2n) is 5.77. The van der Waals surface area contributed by atoms with E-state index in [2.05, 4.69) is 10.6 Å². The van der Waals surface area contributed by atoms with Gasteiger partial charge in [-0.3, -0.25) is 14.5 Å². The van der Waals surface area contributed by atoms with Crippen LogP contribution < -0.4 is 10.6 Å². The summed E-state index contributed by atoms with van der Waals surface area (Å²) in [5.74, 6) is -0.548. The van der Waals surface area contributed by atoms with E-state index in [1.807, 2.05) is 13.0 Å². The van der Waals surface area contributed by atoms with Crippen molar-refractivity contribution >= 4 is 35.1 Å². The second kappa shape index (κ2) is 6.94. The predicted octanol–water partition coefficient (Wildman–Crippen LogP) is 2.95. The van der Waals surface area contributed by atoms with Gasteiger partial charge in [0, 0.05) is 5.56 Å². The molecule has 25 heavy (non-hydrogen) atoms. The van der Waals surface area contributed by atoms with Crippen LogP contribution in [0.4, 0.5) is 10.5 Å². The summed E-state index contributed by atoms with van der Waals surface area (Å²) >= 11 is 6.12. The first-order valence-corrected chi connectivity index (χ1v) is 8.06. The van der Waals surface area contributed by atoms with Gasteiger partial charge in [0.2, 0.25) is 5.91 Å². The first-order chi connectivity index (χ1) is 11.9. The van der Waals surface area contributed by atoms with Crippen LogP contribution in [0.2, 0.25) is 5.02 Å². The number of hydrogen-bond acceptors (Lipinski definition) is 3. The molecular formula is C18H16ClN3O3. The van der Waals surface area contributed by atoms with Crippen LogP contribution in [-0.4, -0.2) is 29.3 Å². The Kier molecular flexibility index (Phi) is 4.72. The quantitative estimate of drug-likeness (QED) is 0.826. The van der Waals surface area contributed by atoms with Crippen molar-refractivity contribution in [2.75, 3.05) is 11.9 Å². The molecule has 1 fully saturated rings. The molecule has 0 unspecified atom stereocenters. The second-order valence-corrected chi connectivity index (χ2v) is 6.18. The van der Waals surface area contributed by atoms with Gasteiger partial charge in [0.1, 0.15) is 0 Å². The summed E-state index contributed by atoms with van der Waals surface area (Å²) in [5, 5.41) is 5.70. The van der Waals surface area contributed by atoms with E-state index < -0.39 is 6.03 Å². The van der Waals surface area contributed by atoms with Crippen molar-refractivity contribution in [3.8, 4) is 0 Å². The topological polar surface area (TPSA) is 78.5 Å². The number of benzene rings is 2. The lowest BCUT2D eigenvalue weighted by Gasteiger charge is -2.13. The minimum Gasteiger partial charge on any atom is -0.329 e. The number of halogens is 1. The Morgan fingerprint density at radius 2 is 1.92 bits per heavy atom. The SMILES string of the molecule is Cc1ccc(NC(=O)c2ccc(CN3C(=O)CNC3=O)cc2)c(Cl)c1. The van der Waals surface area contributed by atoms with Gasteiger partial charge in [-0.2, -0.15) is 0 Å². The highest BCUT2D eigenvalue weighted by Gasteiger charge is 2.28. The molecule has 2 N–H and O–H groups in total. The molecule has 4 amide bonds. The Morgan fingerprint density at radius 3 is 2.52 bits per heavy atom. The molecule has 2 aromatic rings. The Morgan fingerprint density at radius 1 is 1.20 bits per heavy atom. The fourth-order valence-corrected chi connectivity index (χ4v) is 2.76. The lowest BCUT2D eigenvalue weighted by atomic mass is 10.1. The molecule has 1 heterocycles. The first kappa shape index (κ1) is 17.0. The number of aryl methyl sites for hydroxylation is 1. The molecule has 1 aliphatic rings. The van der Waals surface area contributed by atoms with Crippen LogP contribution in [0.15, 0.2) is 42.5 Å². The van der Waals surface area contributed by atoms with E-state index in [9.17, 15) is 14.4 Å². The van der Waals surface area contributed by atoms with Crippen LogP contribution >= 0.6 is 11.6 Å². The van der Waals surface area contributed by atoms with Crippen molar-refractivity contribution in [1.82, 2.24) is 10.2 Å². The average Bonchev–Trinajstić information content (AvgIpc) is 2.90. The molecular weight excluding hydrogens is 342 g/mol. The monoisotopic (exact) mass is 357 g/mol. The number of nitrogens with one attached hydrogen (secondary N) is 2. The van der Waals surface area contributed by atoms with Crippen LogP contribution in [0, 0.1) is 6.92 Å². The third-order valence-electron chi connectivity index (χ3n) is 3.87. The first-order valence-electron chi connectivity index (χ1n) is 7.68. The molecule has 7 heteroatoms. The lowest BCUT2D eigenvalue weighted by molar-refractivity contribution is -0.125. The zero-order valence-electron chi connectivity index (χ0n) is 13.5. The van der Waals surface area contributed by atoms with Crippen LogP contribution in [0.5, 0.6) is 0 Å². The largest absolute Gasteiger partial charge is 0.329 e. The maximum Gasteiger partial charge on any atom is 0.324 e. The number of carbonyl (C=O) groups excluding carboxylic acids is 3. The zero-order valence-corrected chi connectivity index (χ0v) is 14.3. The molecule has 3 rings (SSSR count). The molecule has 0 spiro atoms. The number of rotatable bonds is 4. The number of urea groups is 1. The third-order valence-corrected chi connectivity index (χ3v) is 4.18. The van der Waals surface area contributed by atoms with Gasteiger partial charge in [-0.1, -0.05) is 29.8 Å². The summed E-state index contributed by atoms with van der Waals surface area (Å²) in [4.78, 5) is 36.6. The number of imide groups is 1. The van der Waals surface area contributed by atoms with Crippen LogP contribution in [-0.2, 0) is 11.3 Å². The van der Waals surface area contributed by atoms with Gasteiger partial charge >= 0.3 is 6.03 Å². The summed E-state index contributed by atoms with van der Waals surface area (Å²) in [5.41, 5.74) is 2.77. The highest BCUT2D eigenvalue weighted by atomic mass is 35.5. The van der Waals surface area contributed by atoms with Gasteiger partial charge in [0.15, 0.2) is 0 Å². The number of anilines is 1. The average molecular weight is 358 g/mol. The molecule has 0 aromatic heterocycles. The number of hydrogen-bond donors (Lipinski definition) is 2. The molecule has 1 aliphatic heterocycles. The highest BCUT2D eigenvalue weighted by molar-refractivity contribution is 6.34. The van der Waals surface area contributed by atoms with Gasteiger partial charge in [-0.05, 0) is 42.3 Å². The smallest absolute Gasteiger partial charge is 0.324 e. The molecule has 128 valence electrons. The fraction of sp³-hybridized carbons (Fsp3) is 0.167. The molecule has 1 saturated heterocycles. The van der Waals surface area contributed by atoms with Crippen LogP contribution in [0.3, 0.4) is 0 Å². The molecule has 0 radical (unpaired) electrons. The highest BCUT2D eigenvalue weighted by Crippen LogP contribution is 2.23. The van der Waals surface area contributed by atoms with Crippen molar-refractivity contribution < 1.29 is 14.4 Å². The summed E-state index contributed by atoms with van der Waals surface area (Å²) in [6.45, 7) is 2.12. The molecule has 0 bridgehead atoms. The van der Waals surface area contributed by atoms with Crippen molar-refractivity contribution in [2.24, 2.45) is 0 Å². The van der Waals surface area contributed by atoms with Gasteiger partial charge in [-0.15, -0.1) is 0 Å². The zero-order chi connectivity index (χ0) is 18.0. The van der Waals surface area contributed by atoms with Gasteiger partial charge in [0.25, 0.3) is 5.91 Å². The van der Waals surface area contributed by atoms with Crippen molar-refractivity contribution in [3.63, 3.8) is 0 Å². The van der Waals surface area contributed by atoms with Crippen LogP contribution in [0.1, 0.15) is 21.5 Å². The standard InChI is InChI=1S/C18H16ClN3O3/c1-11-2-7-15(14(19)8-11)21-17(24)13-5-3-12(4-6-13)10-22-16(23)9-20-18(22)25/h2-8H,9-10H2,1H3,(H,20,25)(H,21,24). The Bertz CT molecular complexity index is 833. The van der Waals surface area contributed by atoms with Gasteiger partial charge < -0.3 is 10.6 Å². The van der Waals surface area contributed by atoms with Crippen molar-refractivity contribution in [1.29, 1.82) is 0 Å². The summed E-state index contributed by atoms with van der Waals surface area (Å²) in [6, 6.07) is 11.7. The van der Waals surface area contributed by atoms with Gasteiger partial charge in [0.05, 0.1) is 23.8 Å². The molecule has 6 nitrogen and oxygen atoms in total.